The van der Waals surface area contributed by atoms with Crippen LogP contribution in [-0.4, -0.2) is 75.3 Å². The zero-order valence-corrected chi connectivity index (χ0v) is 23.9. The fourth-order valence-corrected chi connectivity index (χ4v) is 3.73. The first-order chi connectivity index (χ1) is 19.5. The molecule has 3 aromatic rings. The minimum atomic E-state index is -2.06. The number of anilines is 1. The molecule has 0 bridgehead atoms. The first-order valence-electron chi connectivity index (χ1n) is 13.1. The summed E-state index contributed by atoms with van der Waals surface area (Å²) in [5.74, 6) is 0.0644. The molecule has 13 heteroatoms. The maximum Gasteiger partial charge on any atom is 0.323 e. The molecule has 0 saturated heterocycles. The van der Waals surface area contributed by atoms with Gasteiger partial charge in [0.25, 0.3) is 6.41 Å². The molecule has 222 valence electrons. The summed E-state index contributed by atoms with van der Waals surface area (Å²) in [6.07, 6.45) is -2.68. The molecule has 0 radical (unpaired) electrons. The lowest BCUT2D eigenvalue weighted by molar-refractivity contribution is -0.190. The largest absolute Gasteiger partial charge is 0.464 e. The van der Waals surface area contributed by atoms with Crippen LogP contribution >= 0.6 is 0 Å². The van der Waals surface area contributed by atoms with Crippen LogP contribution in [0.4, 0.5) is 5.82 Å². The van der Waals surface area contributed by atoms with Crippen LogP contribution in [0.5, 0.6) is 5.75 Å². The standard InChI is InChI=1S/C28H38N6O7/c1-6-27(3,4)15-39-25(37)18(2)33-26(41-19-10-8-7-9-11-19)40-16-28(14-29,38-5)23(36)22(35)20-12-13-21-24(30)31-17-32-34(20)21/h7-13,17-18,22-23,26,33,35-36H,6,15-16H2,1-5H3,(H2,30,31,32)/t18-,22-,23-,26+,28?/m0/s1. The smallest absolute Gasteiger partial charge is 0.323 e. The third-order valence-corrected chi connectivity index (χ3v) is 6.88. The number of para-hydroxylation sites is 1. The average molecular weight is 571 g/mol. The molecule has 1 unspecified atom stereocenters. The third kappa shape index (κ3) is 7.69. The van der Waals surface area contributed by atoms with Gasteiger partial charge in [-0.15, -0.1) is 0 Å². The summed E-state index contributed by atoms with van der Waals surface area (Å²) in [5, 5.41) is 39.3. The number of hydrogen-bond donors (Lipinski definition) is 4. The van der Waals surface area contributed by atoms with Gasteiger partial charge in [0, 0.05) is 7.11 Å². The molecular formula is C28H38N6O7. The Morgan fingerprint density at radius 3 is 2.54 bits per heavy atom. The van der Waals surface area contributed by atoms with E-state index in [-0.39, 0.29) is 23.5 Å². The number of methoxy groups -OCH3 is 1. The van der Waals surface area contributed by atoms with Gasteiger partial charge >= 0.3 is 5.97 Å². The van der Waals surface area contributed by atoms with E-state index in [4.69, 9.17) is 24.7 Å². The number of esters is 1. The topological polar surface area (TPSA) is 186 Å². The second-order valence-electron chi connectivity index (χ2n) is 10.4. The number of nitrogens with two attached hydrogens (primary N) is 1. The van der Waals surface area contributed by atoms with Gasteiger partial charge in [0.1, 0.15) is 41.9 Å². The number of aromatic nitrogens is 3. The molecule has 2 heterocycles. The van der Waals surface area contributed by atoms with Crippen molar-refractivity contribution in [1.82, 2.24) is 19.9 Å². The first kappa shape index (κ1) is 31.7. The molecular weight excluding hydrogens is 532 g/mol. The van der Waals surface area contributed by atoms with E-state index in [1.807, 2.05) is 26.8 Å². The Hall–Kier alpha value is -3.80. The zero-order valence-electron chi connectivity index (χ0n) is 23.9. The van der Waals surface area contributed by atoms with Gasteiger partial charge in [0.15, 0.2) is 5.82 Å². The second kappa shape index (κ2) is 13.7. The Labute approximate surface area is 238 Å². The molecule has 1 aromatic carbocycles. The fourth-order valence-electron chi connectivity index (χ4n) is 3.73. The van der Waals surface area contributed by atoms with E-state index >= 15 is 0 Å². The number of carbonyl (C=O) groups excluding carboxylic acids is 1. The summed E-state index contributed by atoms with van der Waals surface area (Å²) >= 11 is 0. The monoisotopic (exact) mass is 570 g/mol. The summed E-state index contributed by atoms with van der Waals surface area (Å²) in [6, 6.07) is 12.8. The van der Waals surface area contributed by atoms with E-state index in [0.717, 1.165) is 6.42 Å². The molecule has 0 spiro atoms. The first-order valence-corrected chi connectivity index (χ1v) is 13.1. The Balaban J connectivity index is 1.79. The van der Waals surface area contributed by atoms with Gasteiger partial charge < -0.3 is 34.9 Å². The predicted molar refractivity (Wildman–Crippen MR) is 148 cm³/mol. The molecule has 13 nitrogen and oxygen atoms in total. The summed E-state index contributed by atoms with van der Waals surface area (Å²) in [6.45, 7) is 7.26. The normalized spacial score (nSPS) is 16.2. The molecule has 0 aliphatic rings. The maximum absolute atomic E-state index is 12.7. The minimum Gasteiger partial charge on any atom is -0.464 e. The molecule has 0 aliphatic heterocycles. The van der Waals surface area contributed by atoms with Gasteiger partial charge in [0.2, 0.25) is 5.60 Å². The summed E-state index contributed by atoms with van der Waals surface area (Å²) in [4.78, 5) is 16.6. The van der Waals surface area contributed by atoms with Crippen LogP contribution in [0.1, 0.15) is 45.9 Å². The van der Waals surface area contributed by atoms with Crippen molar-refractivity contribution in [3.05, 3.63) is 54.5 Å². The van der Waals surface area contributed by atoms with Crippen molar-refractivity contribution in [2.75, 3.05) is 26.1 Å². The van der Waals surface area contributed by atoms with E-state index in [0.29, 0.717) is 11.3 Å². The molecule has 5 atom stereocenters. The van der Waals surface area contributed by atoms with Crippen LogP contribution in [0.2, 0.25) is 0 Å². The summed E-state index contributed by atoms with van der Waals surface area (Å²) in [5.41, 5.74) is 4.19. The van der Waals surface area contributed by atoms with Crippen LogP contribution in [0.25, 0.3) is 5.52 Å². The van der Waals surface area contributed by atoms with Crippen LogP contribution < -0.4 is 15.8 Å². The number of nitrogens with one attached hydrogen (secondary N) is 1. The highest BCUT2D eigenvalue weighted by Gasteiger charge is 2.45. The summed E-state index contributed by atoms with van der Waals surface area (Å²) in [7, 11) is 1.20. The quantitative estimate of drug-likeness (QED) is 0.154. The number of rotatable bonds is 15. The van der Waals surface area contributed by atoms with E-state index in [9.17, 15) is 20.3 Å². The van der Waals surface area contributed by atoms with E-state index in [1.165, 1.54) is 24.0 Å². The van der Waals surface area contributed by atoms with Gasteiger partial charge in [0.05, 0.1) is 18.9 Å². The zero-order chi connectivity index (χ0) is 30.2. The Kier molecular flexibility index (Phi) is 10.6. The molecule has 5 N–H and O–H groups in total. The van der Waals surface area contributed by atoms with Crippen molar-refractivity contribution < 1.29 is 34.0 Å². The lowest BCUT2D eigenvalue weighted by atomic mass is 9.92. The van der Waals surface area contributed by atoms with Crippen LogP contribution in [0, 0.1) is 16.7 Å². The fraction of sp³-hybridized carbons (Fsp3) is 0.500. The number of nitrogens with zero attached hydrogens (tertiary/aromatic N) is 4. The maximum atomic E-state index is 12.7. The third-order valence-electron chi connectivity index (χ3n) is 6.88. The van der Waals surface area contributed by atoms with Gasteiger partial charge in [-0.3, -0.25) is 4.79 Å². The second-order valence-corrected chi connectivity index (χ2v) is 10.4. The Morgan fingerprint density at radius 1 is 1.20 bits per heavy atom. The predicted octanol–water partition coefficient (Wildman–Crippen LogP) is 1.95. The number of aliphatic hydroxyl groups is 2. The molecule has 3 rings (SSSR count). The number of hydrogen-bond acceptors (Lipinski definition) is 12. The lowest BCUT2D eigenvalue weighted by Crippen LogP contribution is -2.54. The van der Waals surface area contributed by atoms with Crippen molar-refractivity contribution in [3.8, 4) is 11.8 Å². The van der Waals surface area contributed by atoms with Crippen LogP contribution in [-0.2, 0) is 19.0 Å². The highest BCUT2D eigenvalue weighted by molar-refractivity contribution is 5.75. The van der Waals surface area contributed by atoms with E-state index < -0.39 is 42.8 Å². The number of aliphatic hydroxyl groups excluding tert-OH is 2. The number of nitrogen functional groups attached to an aromatic ring is 1. The average Bonchev–Trinajstić information content (AvgIpc) is 3.42. The number of ether oxygens (including phenoxy) is 4. The Morgan fingerprint density at radius 2 is 1.90 bits per heavy atom. The van der Waals surface area contributed by atoms with Crippen molar-refractivity contribution >= 4 is 17.3 Å². The lowest BCUT2D eigenvalue weighted by Gasteiger charge is -2.34. The van der Waals surface area contributed by atoms with Crippen LogP contribution in [0.3, 0.4) is 0 Å². The van der Waals surface area contributed by atoms with Crippen LogP contribution in [0.15, 0.2) is 48.8 Å². The molecule has 2 aromatic heterocycles. The molecule has 0 aliphatic carbocycles. The van der Waals surface area contributed by atoms with Gasteiger partial charge in [-0.25, -0.2) is 14.8 Å². The number of benzene rings is 1. The van der Waals surface area contributed by atoms with Gasteiger partial charge in [-0.1, -0.05) is 39.0 Å². The minimum absolute atomic E-state index is 0.153. The summed E-state index contributed by atoms with van der Waals surface area (Å²) < 4.78 is 23.9. The Bertz CT molecular complexity index is 1330. The van der Waals surface area contributed by atoms with Crippen molar-refractivity contribution in [3.63, 3.8) is 0 Å². The van der Waals surface area contributed by atoms with E-state index in [2.05, 4.69) is 15.4 Å². The number of fused-ring (bicyclic) bond motifs is 1. The van der Waals surface area contributed by atoms with Gasteiger partial charge in [-0.05, 0) is 43.0 Å². The highest BCUT2D eigenvalue weighted by atomic mass is 16.7. The highest BCUT2D eigenvalue weighted by Crippen LogP contribution is 2.29. The molecule has 0 fully saturated rings. The molecule has 0 saturated carbocycles. The molecule has 0 amide bonds. The number of carbonyl (C=O) groups is 1. The molecule has 41 heavy (non-hydrogen) atoms. The van der Waals surface area contributed by atoms with E-state index in [1.54, 1.807) is 43.3 Å². The van der Waals surface area contributed by atoms with Crippen molar-refractivity contribution in [1.29, 1.82) is 5.26 Å². The SMILES string of the molecule is CCC(C)(C)COC(=O)[C@H](C)N[C@H](OCC(C#N)(OC)[C@@H](O)[C@@H](O)c1ccc2c(N)ncnn12)Oc1ccccc1. The van der Waals surface area contributed by atoms with Crippen molar-refractivity contribution in [2.24, 2.45) is 5.41 Å². The van der Waals surface area contributed by atoms with Crippen molar-refractivity contribution in [2.45, 2.75) is 64.4 Å². The number of nitriles is 1. The van der Waals surface area contributed by atoms with Gasteiger partial charge in [-0.2, -0.15) is 10.4 Å².